The minimum absolute atomic E-state index is 0.203. The van der Waals surface area contributed by atoms with Crippen LogP contribution < -0.4 is 15.6 Å². The van der Waals surface area contributed by atoms with E-state index in [2.05, 4.69) is 10.3 Å². The fourth-order valence-electron chi connectivity index (χ4n) is 1.93. The third kappa shape index (κ3) is 3.06. The number of carbonyl (C=O) groups is 1. The van der Waals surface area contributed by atoms with Crippen LogP contribution in [0, 0.1) is 0 Å². The number of aromatic amines is 1. The van der Waals surface area contributed by atoms with Gasteiger partial charge in [0.25, 0.3) is 5.91 Å². The Morgan fingerprint density at radius 1 is 1.25 bits per heavy atom. The highest BCUT2D eigenvalue weighted by Crippen LogP contribution is 2.24. The largest absolute Gasteiger partial charge is 0.496 e. The van der Waals surface area contributed by atoms with Crippen LogP contribution in [0.15, 0.2) is 47.4 Å². The van der Waals surface area contributed by atoms with Gasteiger partial charge >= 0.3 is 0 Å². The molecule has 0 radical (unpaired) electrons. The Morgan fingerprint density at radius 2 is 2.00 bits per heavy atom. The monoisotopic (exact) mass is 272 g/mol. The summed E-state index contributed by atoms with van der Waals surface area (Å²) in [6.45, 7) is 1.88. The number of rotatable bonds is 4. The van der Waals surface area contributed by atoms with E-state index >= 15 is 0 Å². The van der Waals surface area contributed by atoms with Crippen LogP contribution in [-0.4, -0.2) is 18.0 Å². The third-order valence-corrected chi connectivity index (χ3v) is 3.00. The smallest absolute Gasteiger partial charge is 0.253 e. The van der Waals surface area contributed by atoms with Gasteiger partial charge in [-0.3, -0.25) is 9.59 Å². The topological polar surface area (TPSA) is 71.2 Å². The molecule has 1 amide bonds. The van der Waals surface area contributed by atoms with E-state index in [4.69, 9.17) is 4.74 Å². The Balaban J connectivity index is 2.15. The molecule has 1 atom stereocenters. The summed E-state index contributed by atoms with van der Waals surface area (Å²) in [7, 11) is 1.59. The van der Waals surface area contributed by atoms with Crippen LogP contribution in [0.25, 0.3) is 0 Å². The molecule has 0 spiro atoms. The molecule has 0 aliphatic carbocycles. The Labute approximate surface area is 116 Å². The van der Waals surface area contributed by atoms with Crippen molar-refractivity contribution in [2.45, 2.75) is 13.0 Å². The molecule has 1 heterocycles. The minimum Gasteiger partial charge on any atom is -0.496 e. The summed E-state index contributed by atoms with van der Waals surface area (Å²) < 4.78 is 5.27. The number of benzene rings is 1. The van der Waals surface area contributed by atoms with Crippen LogP contribution in [0.4, 0.5) is 0 Å². The van der Waals surface area contributed by atoms with Crippen molar-refractivity contribution < 1.29 is 9.53 Å². The lowest BCUT2D eigenvalue weighted by Crippen LogP contribution is -2.27. The number of hydrogen-bond acceptors (Lipinski definition) is 3. The number of amides is 1. The van der Waals surface area contributed by atoms with Gasteiger partial charge in [-0.1, -0.05) is 18.2 Å². The zero-order valence-electron chi connectivity index (χ0n) is 11.3. The van der Waals surface area contributed by atoms with E-state index < -0.39 is 0 Å². The van der Waals surface area contributed by atoms with Gasteiger partial charge in [0.2, 0.25) is 5.56 Å². The zero-order chi connectivity index (χ0) is 14.5. The van der Waals surface area contributed by atoms with E-state index in [1.54, 1.807) is 7.11 Å². The van der Waals surface area contributed by atoms with E-state index in [9.17, 15) is 9.59 Å². The fourth-order valence-corrected chi connectivity index (χ4v) is 1.93. The van der Waals surface area contributed by atoms with Crippen molar-refractivity contribution in [3.05, 3.63) is 64.1 Å². The molecule has 0 bridgehead atoms. The van der Waals surface area contributed by atoms with E-state index in [-0.39, 0.29) is 17.5 Å². The lowest BCUT2D eigenvalue weighted by molar-refractivity contribution is 0.0939. The highest BCUT2D eigenvalue weighted by atomic mass is 16.5. The van der Waals surface area contributed by atoms with Crippen molar-refractivity contribution in [2.24, 2.45) is 0 Å². The molecule has 0 unspecified atom stereocenters. The predicted octanol–water partition coefficient (Wildman–Crippen LogP) is 1.87. The second kappa shape index (κ2) is 6.06. The maximum atomic E-state index is 12.1. The highest BCUT2D eigenvalue weighted by molar-refractivity contribution is 5.94. The number of hydrogen-bond donors (Lipinski definition) is 2. The van der Waals surface area contributed by atoms with Gasteiger partial charge in [0, 0.05) is 17.8 Å². The average Bonchev–Trinajstić information content (AvgIpc) is 2.47. The Bertz CT molecular complexity index is 644. The molecule has 1 aromatic carbocycles. The molecule has 0 aliphatic heterocycles. The van der Waals surface area contributed by atoms with Gasteiger partial charge < -0.3 is 15.0 Å². The minimum atomic E-state index is -0.250. The van der Waals surface area contributed by atoms with Crippen molar-refractivity contribution >= 4 is 5.91 Å². The summed E-state index contributed by atoms with van der Waals surface area (Å²) in [6, 6.07) is 10.1. The number of H-pyrrole nitrogens is 1. The van der Waals surface area contributed by atoms with E-state index in [0.717, 1.165) is 11.3 Å². The predicted molar refractivity (Wildman–Crippen MR) is 75.9 cm³/mol. The summed E-state index contributed by atoms with van der Waals surface area (Å²) in [5.41, 5.74) is 1.07. The van der Waals surface area contributed by atoms with Crippen LogP contribution in [-0.2, 0) is 0 Å². The SMILES string of the molecule is COc1ccccc1[C@H](C)NC(=O)c1ccc(=O)[nH]c1. The number of nitrogens with one attached hydrogen (secondary N) is 2. The van der Waals surface area contributed by atoms with Crippen molar-refractivity contribution in [3.63, 3.8) is 0 Å². The van der Waals surface area contributed by atoms with Crippen molar-refractivity contribution in [1.82, 2.24) is 10.3 Å². The molecule has 0 aliphatic rings. The lowest BCUT2D eigenvalue weighted by atomic mass is 10.1. The molecule has 0 saturated heterocycles. The second-order valence-corrected chi connectivity index (χ2v) is 4.38. The summed E-state index contributed by atoms with van der Waals surface area (Å²) >= 11 is 0. The van der Waals surface area contributed by atoms with Gasteiger partial charge in [0.1, 0.15) is 5.75 Å². The first-order valence-corrected chi connectivity index (χ1v) is 6.24. The Hall–Kier alpha value is -2.56. The normalized spacial score (nSPS) is 11.7. The first-order chi connectivity index (χ1) is 9.61. The van der Waals surface area contributed by atoms with Gasteiger partial charge in [-0.05, 0) is 19.1 Å². The molecule has 0 fully saturated rings. The number of para-hydroxylation sites is 1. The Kier molecular flexibility index (Phi) is 4.20. The number of aromatic nitrogens is 1. The van der Waals surface area contributed by atoms with E-state index in [0.29, 0.717) is 5.56 Å². The standard InChI is InChI=1S/C15H16N2O3/c1-10(12-5-3-4-6-13(12)20-2)17-15(19)11-7-8-14(18)16-9-11/h3-10H,1-2H3,(H,16,18)(H,17,19)/t10-/m0/s1. The molecule has 2 aromatic rings. The molecule has 1 aromatic heterocycles. The van der Waals surface area contributed by atoms with Crippen molar-refractivity contribution in [3.8, 4) is 5.75 Å². The van der Waals surface area contributed by atoms with Crippen LogP contribution in [0.3, 0.4) is 0 Å². The average molecular weight is 272 g/mol. The summed E-state index contributed by atoms with van der Waals surface area (Å²) in [5.74, 6) is 0.474. The molecule has 2 N–H and O–H groups in total. The van der Waals surface area contributed by atoms with Crippen LogP contribution >= 0.6 is 0 Å². The Morgan fingerprint density at radius 3 is 2.65 bits per heavy atom. The summed E-state index contributed by atoms with van der Waals surface area (Å²) in [5, 5.41) is 2.87. The van der Waals surface area contributed by atoms with Gasteiger partial charge in [-0.2, -0.15) is 0 Å². The first-order valence-electron chi connectivity index (χ1n) is 6.24. The maximum absolute atomic E-state index is 12.1. The molecular weight excluding hydrogens is 256 g/mol. The fraction of sp³-hybridized carbons (Fsp3) is 0.200. The number of ether oxygens (including phenoxy) is 1. The van der Waals surface area contributed by atoms with Gasteiger partial charge in [0.15, 0.2) is 0 Å². The molecule has 0 saturated carbocycles. The lowest BCUT2D eigenvalue weighted by Gasteiger charge is -2.17. The summed E-state index contributed by atoms with van der Waals surface area (Å²) in [6.07, 6.45) is 1.40. The van der Waals surface area contributed by atoms with E-state index in [1.807, 2.05) is 31.2 Å². The van der Waals surface area contributed by atoms with Crippen molar-refractivity contribution in [1.29, 1.82) is 0 Å². The number of pyridine rings is 1. The highest BCUT2D eigenvalue weighted by Gasteiger charge is 2.14. The molecule has 20 heavy (non-hydrogen) atoms. The first kappa shape index (κ1) is 13.9. The van der Waals surface area contributed by atoms with Gasteiger partial charge in [-0.25, -0.2) is 0 Å². The van der Waals surface area contributed by atoms with Crippen molar-refractivity contribution in [2.75, 3.05) is 7.11 Å². The third-order valence-electron chi connectivity index (χ3n) is 3.00. The van der Waals surface area contributed by atoms with E-state index in [1.165, 1.54) is 18.3 Å². The second-order valence-electron chi connectivity index (χ2n) is 4.38. The summed E-state index contributed by atoms with van der Waals surface area (Å²) in [4.78, 5) is 25.5. The maximum Gasteiger partial charge on any atom is 0.253 e. The van der Waals surface area contributed by atoms with Crippen LogP contribution in [0.5, 0.6) is 5.75 Å². The molecule has 104 valence electrons. The molecule has 2 rings (SSSR count). The number of methoxy groups -OCH3 is 1. The van der Waals surface area contributed by atoms with Crippen LogP contribution in [0.2, 0.25) is 0 Å². The van der Waals surface area contributed by atoms with Gasteiger partial charge in [-0.15, -0.1) is 0 Å². The zero-order valence-corrected chi connectivity index (χ0v) is 11.3. The molecular formula is C15H16N2O3. The van der Waals surface area contributed by atoms with Crippen LogP contribution in [0.1, 0.15) is 28.9 Å². The quantitative estimate of drug-likeness (QED) is 0.892. The van der Waals surface area contributed by atoms with Gasteiger partial charge in [0.05, 0.1) is 18.7 Å². The molecule has 5 nitrogen and oxygen atoms in total. The number of carbonyl (C=O) groups excluding carboxylic acids is 1. The molecule has 5 heteroatoms.